The normalized spacial score (nSPS) is 23.9. The molecule has 8 rings (SSSR count). The molecule has 4 unspecified atom stereocenters. The summed E-state index contributed by atoms with van der Waals surface area (Å²) >= 11 is 3.69. The summed E-state index contributed by atoms with van der Waals surface area (Å²) in [7, 11) is 0. The monoisotopic (exact) mass is 539 g/mol. The van der Waals surface area contributed by atoms with Crippen LogP contribution >= 0.6 is 22.7 Å². The third-order valence-electron chi connectivity index (χ3n) is 8.01. The fourth-order valence-corrected chi connectivity index (χ4v) is 8.32. The Morgan fingerprint density at radius 1 is 0.763 bits per heavy atom. The molecule has 3 N–H and O–H groups in total. The number of imidazole rings is 1. The van der Waals surface area contributed by atoms with Gasteiger partial charge < -0.3 is 20.0 Å². The highest BCUT2D eigenvalue weighted by atomic mass is 32.1. The number of nitrogens with one attached hydrogen (secondary N) is 3. The number of H-pyrrole nitrogens is 1. The fourth-order valence-electron chi connectivity index (χ4n) is 5.93. The van der Waals surface area contributed by atoms with Gasteiger partial charge in [0.15, 0.2) is 5.58 Å². The number of oxazole rings is 1. The number of rotatable bonds is 4. The predicted octanol–water partition coefficient (Wildman–Crippen LogP) is 7.66. The molecule has 2 saturated heterocycles. The van der Waals surface area contributed by atoms with Gasteiger partial charge in [-0.15, -0.1) is 22.7 Å². The third kappa shape index (κ3) is 3.90. The first-order valence-electron chi connectivity index (χ1n) is 13.5. The van der Waals surface area contributed by atoms with Crippen molar-refractivity contribution in [3.8, 4) is 20.9 Å². The Bertz CT molecular complexity index is 1650. The number of fused-ring (bicyclic) bond motifs is 3. The summed E-state index contributed by atoms with van der Waals surface area (Å²) in [5.41, 5.74) is 6.37. The molecule has 38 heavy (non-hydrogen) atoms. The Labute approximate surface area is 228 Å². The second-order valence-corrected chi connectivity index (χ2v) is 13.3. The molecule has 4 aromatic heterocycles. The van der Waals surface area contributed by atoms with Crippen LogP contribution in [-0.2, 0) is 0 Å². The van der Waals surface area contributed by atoms with Crippen molar-refractivity contribution in [1.82, 2.24) is 25.6 Å². The van der Waals surface area contributed by atoms with E-state index >= 15 is 0 Å². The summed E-state index contributed by atoms with van der Waals surface area (Å²) in [6.45, 7) is 6.64. The number of aromatic nitrogens is 3. The summed E-state index contributed by atoms with van der Waals surface area (Å²) in [6, 6.07) is 18.2. The van der Waals surface area contributed by atoms with E-state index in [1.54, 1.807) is 0 Å². The topological polar surface area (TPSA) is 78.8 Å². The van der Waals surface area contributed by atoms with Crippen molar-refractivity contribution in [2.75, 3.05) is 13.1 Å². The highest BCUT2D eigenvalue weighted by molar-refractivity contribution is 7.31. The molecule has 8 heteroatoms. The molecule has 2 aliphatic rings. The van der Waals surface area contributed by atoms with Gasteiger partial charge in [0.25, 0.3) is 0 Å². The van der Waals surface area contributed by atoms with E-state index < -0.39 is 0 Å². The van der Waals surface area contributed by atoms with E-state index in [-0.39, 0.29) is 6.04 Å². The van der Waals surface area contributed by atoms with Crippen molar-refractivity contribution in [2.24, 2.45) is 11.8 Å². The molecule has 6 heterocycles. The second-order valence-electron chi connectivity index (χ2n) is 11.1. The lowest BCUT2D eigenvalue weighted by Gasteiger charge is -2.04. The van der Waals surface area contributed by atoms with Crippen molar-refractivity contribution in [3.05, 3.63) is 60.2 Å². The van der Waals surface area contributed by atoms with Crippen LogP contribution in [0.25, 0.3) is 52.4 Å². The molecule has 2 fully saturated rings. The van der Waals surface area contributed by atoms with Gasteiger partial charge in [0.2, 0.25) is 5.89 Å². The van der Waals surface area contributed by atoms with Crippen LogP contribution in [-0.4, -0.2) is 28.0 Å². The molecule has 0 aliphatic carbocycles. The maximum absolute atomic E-state index is 6.19. The average Bonchev–Trinajstić information content (AvgIpc) is 3.73. The van der Waals surface area contributed by atoms with Crippen LogP contribution in [0.2, 0.25) is 0 Å². The minimum atomic E-state index is 0.224. The third-order valence-corrected chi connectivity index (χ3v) is 10.4. The van der Waals surface area contributed by atoms with Crippen LogP contribution in [0.3, 0.4) is 0 Å². The summed E-state index contributed by atoms with van der Waals surface area (Å²) in [4.78, 5) is 15.7. The first kappa shape index (κ1) is 22.9. The lowest BCUT2D eigenvalue weighted by atomic mass is 10.1. The van der Waals surface area contributed by atoms with Gasteiger partial charge in [0.1, 0.15) is 11.3 Å². The molecule has 0 spiro atoms. The molecule has 0 radical (unpaired) electrons. The van der Waals surface area contributed by atoms with Crippen molar-refractivity contribution >= 4 is 54.2 Å². The zero-order valence-electron chi connectivity index (χ0n) is 21.4. The molecule has 6 aromatic rings. The molecule has 0 saturated carbocycles. The SMILES string of the molecule is CC1CNC(c2nc3ccc(-c4cc5sc(-c6ccc7nc(C8CC(C)CN8)oc7c6)cc5s4)cc3[nH]2)C1. The summed E-state index contributed by atoms with van der Waals surface area (Å²) < 4.78 is 8.82. The van der Waals surface area contributed by atoms with E-state index in [0.717, 1.165) is 59.8 Å². The van der Waals surface area contributed by atoms with E-state index in [4.69, 9.17) is 14.4 Å². The van der Waals surface area contributed by atoms with E-state index in [1.165, 1.54) is 30.3 Å². The average molecular weight is 540 g/mol. The van der Waals surface area contributed by atoms with Gasteiger partial charge in [-0.05, 0) is 85.3 Å². The second kappa shape index (κ2) is 8.74. The van der Waals surface area contributed by atoms with Gasteiger partial charge in [-0.1, -0.05) is 26.0 Å². The first-order chi connectivity index (χ1) is 18.6. The van der Waals surface area contributed by atoms with Crippen LogP contribution in [0.15, 0.2) is 52.9 Å². The maximum Gasteiger partial charge on any atom is 0.212 e. The van der Waals surface area contributed by atoms with Crippen LogP contribution in [0.1, 0.15) is 50.5 Å². The van der Waals surface area contributed by atoms with Gasteiger partial charge in [0.05, 0.1) is 23.1 Å². The van der Waals surface area contributed by atoms with Gasteiger partial charge >= 0.3 is 0 Å². The predicted molar refractivity (Wildman–Crippen MR) is 157 cm³/mol. The quantitative estimate of drug-likeness (QED) is 0.214. The minimum absolute atomic E-state index is 0.224. The Morgan fingerprint density at radius 3 is 2.11 bits per heavy atom. The fraction of sp³-hybridized carbons (Fsp3) is 0.333. The van der Waals surface area contributed by atoms with E-state index in [9.17, 15) is 0 Å². The first-order valence-corrected chi connectivity index (χ1v) is 15.1. The summed E-state index contributed by atoms with van der Waals surface area (Å²) in [6.07, 6.45) is 2.21. The molecule has 6 nitrogen and oxygen atoms in total. The number of benzene rings is 2. The highest BCUT2D eigenvalue weighted by Crippen LogP contribution is 2.43. The Hall–Kier alpha value is -3.04. The van der Waals surface area contributed by atoms with Crippen LogP contribution in [0.4, 0.5) is 0 Å². The molecule has 0 bridgehead atoms. The molecule has 4 atom stereocenters. The van der Waals surface area contributed by atoms with E-state index in [2.05, 4.69) is 78.0 Å². The zero-order chi connectivity index (χ0) is 25.4. The van der Waals surface area contributed by atoms with Gasteiger partial charge in [-0.3, -0.25) is 0 Å². The molecule has 192 valence electrons. The smallest absolute Gasteiger partial charge is 0.212 e. The molecule has 2 aliphatic heterocycles. The molecule has 2 aromatic carbocycles. The summed E-state index contributed by atoms with van der Waals surface area (Å²) in [5.74, 6) is 3.23. The highest BCUT2D eigenvalue weighted by Gasteiger charge is 2.27. The Kier molecular flexibility index (Phi) is 5.27. The van der Waals surface area contributed by atoms with Crippen LogP contribution in [0.5, 0.6) is 0 Å². The lowest BCUT2D eigenvalue weighted by Crippen LogP contribution is -2.14. The Morgan fingerprint density at radius 2 is 1.42 bits per heavy atom. The number of hydrogen-bond donors (Lipinski definition) is 3. The van der Waals surface area contributed by atoms with Gasteiger partial charge in [-0.25, -0.2) is 9.97 Å². The van der Waals surface area contributed by atoms with Crippen molar-refractivity contribution in [2.45, 2.75) is 38.8 Å². The van der Waals surface area contributed by atoms with Crippen LogP contribution in [0, 0.1) is 11.8 Å². The minimum Gasteiger partial charge on any atom is -0.439 e. The van der Waals surface area contributed by atoms with Crippen LogP contribution < -0.4 is 10.6 Å². The van der Waals surface area contributed by atoms with Gasteiger partial charge in [-0.2, -0.15) is 0 Å². The summed E-state index contributed by atoms with van der Waals surface area (Å²) in [5, 5.41) is 7.11. The number of hydrogen-bond acceptors (Lipinski definition) is 7. The lowest BCUT2D eigenvalue weighted by molar-refractivity contribution is 0.446. The van der Waals surface area contributed by atoms with E-state index in [1.807, 2.05) is 22.7 Å². The van der Waals surface area contributed by atoms with Gasteiger partial charge in [0, 0.05) is 19.2 Å². The zero-order valence-corrected chi connectivity index (χ0v) is 23.0. The Balaban J connectivity index is 1.07. The number of thiophene rings is 2. The van der Waals surface area contributed by atoms with Crippen molar-refractivity contribution < 1.29 is 4.42 Å². The molecular weight excluding hydrogens is 510 g/mol. The number of aromatic amines is 1. The maximum atomic E-state index is 6.19. The number of nitrogens with zero attached hydrogens (tertiary/aromatic N) is 2. The molecular formula is C30H29N5OS2. The van der Waals surface area contributed by atoms with E-state index in [0.29, 0.717) is 17.9 Å². The van der Waals surface area contributed by atoms with Crippen molar-refractivity contribution in [1.29, 1.82) is 0 Å². The standard InChI is InChI=1S/C30H29N5OS2/c1-15-7-22(31-13-15)29-33-19-5-3-17(9-21(19)34-29)25-11-27-28(37-25)12-26(38-27)18-4-6-20-24(10-18)36-30(35-20)23-8-16(2)14-32-23/h3-6,9-12,15-16,22-23,31-32H,7-8,13-14H2,1-2H3,(H,33,34). The molecule has 0 amide bonds. The van der Waals surface area contributed by atoms with Crippen molar-refractivity contribution in [3.63, 3.8) is 0 Å². The largest absolute Gasteiger partial charge is 0.439 e.